The smallest absolute Gasteiger partial charge is 0.122 e. The predicted molar refractivity (Wildman–Crippen MR) is 61.7 cm³/mol. The molecule has 2 heteroatoms. The van der Waals surface area contributed by atoms with Gasteiger partial charge in [0.2, 0.25) is 0 Å². The Morgan fingerprint density at radius 3 is 2.33 bits per heavy atom. The van der Waals surface area contributed by atoms with Gasteiger partial charge in [-0.1, -0.05) is 27.2 Å². The number of aldehydes is 1. The van der Waals surface area contributed by atoms with Gasteiger partial charge in [0.25, 0.3) is 0 Å². The highest BCUT2D eigenvalue weighted by molar-refractivity contribution is 5.51. The molecule has 88 valence electrons. The van der Waals surface area contributed by atoms with Crippen molar-refractivity contribution in [3.63, 3.8) is 0 Å². The molecule has 0 aromatic heterocycles. The molecule has 15 heavy (non-hydrogen) atoms. The molecule has 0 aliphatic heterocycles. The van der Waals surface area contributed by atoms with Crippen LogP contribution in [-0.2, 0) is 4.79 Å². The molecule has 2 nitrogen and oxygen atoms in total. The SMILES string of the molecule is CCC(C)(C)C1CCC(O)(CC=O)CC1. The molecule has 1 saturated carbocycles. The van der Waals surface area contributed by atoms with Crippen LogP contribution in [0.25, 0.3) is 0 Å². The Kier molecular flexibility index (Phi) is 3.93. The summed E-state index contributed by atoms with van der Waals surface area (Å²) in [5.74, 6) is 0.703. The van der Waals surface area contributed by atoms with Crippen LogP contribution in [0.3, 0.4) is 0 Å². The van der Waals surface area contributed by atoms with Crippen molar-refractivity contribution in [1.29, 1.82) is 0 Å². The average molecular weight is 212 g/mol. The van der Waals surface area contributed by atoms with E-state index in [0.29, 0.717) is 17.8 Å². The van der Waals surface area contributed by atoms with Gasteiger partial charge in [-0.15, -0.1) is 0 Å². The van der Waals surface area contributed by atoms with Crippen LogP contribution in [0, 0.1) is 11.3 Å². The first-order chi connectivity index (χ1) is 6.93. The fourth-order valence-electron chi connectivity index (χ4n) is 2.58. The van der Waals surface area contributed by atoms with E-state index in [2.05, 4.69) is 20.8 Å². The van der Waals surface area contributed by atoms with E-state index < -0.39 is 5.60 Å². The third-order valence-electron chi connectivity index (χ3n) is 4.40. The first-order valence-corrected chi connectivity index (χ1v) is 6.09. The molecule has 0 atom stereocenters. The number of rotatable bonds is 4. The van der Waals surface area contributed by atoms with Crippen molar-refractivity contribution in [2.75, 3.05) is 0 Å². The summed E-state index contributed by atoms with van der Waals surface area (Å²) in [6.45, 7) is 6.84. The second-order valence-corrected chi connectivity index (χ2v) is 5.71. The molecule has 0 radical (unpaired) electrons. The maximum absolute atomic E-state index is 10.5. The van der Waals surface area contributed by atoms with Crippen LogP contribution in [0.2, 0.25) is 0 Å². The number of hydrogen-bond donors (Lipinski definition) is 1. The van der Waals surface area contributed by atoms with Crippen molar-refractivity contribution in [3.05, 3.63) is 0 Å². The quantitative estimate of drug-likeness (QED) is 0.727. The van der Waals surface area contributed by atoms with Crippen LogP contribution in [-0.4, -0.2) is 17.0 Å². The molecule has 1 fully saturated rings. The number of hydrogen-bond acceptors (Lipinski definition) is 2. The largest absolute Gasteiger partial charge is 0.389 e. The summed E-state index contributed by atoms with van der Waals surface area (Å²) in [6.07, 6.45) is 6.05. The van der Waals surface area contributed by atoms with Gasteiger partial charge in [-0.2, -0.15) is 0 Å². The van der Waals surface area contributed by atoms with Gasteiger partial charge in [-0.25, -0.2) is 0 Å². The minimum Gasteiger partial charge on any atom is -0.389 e. The lowest BCUT2D eigenvalue weighted by molar-refractivity contribution is -0.114. The third-order valence-corrected chi connectivity index (χ3v) is 4.40. The molecule has 0 amide bonds. The Hall–Kier alpha value is -0.370. The fraction of sp³-hybridized carbons (Fsp3) is 0.923. The standard InChI is InChI=1S/C13H24O2/c1-4-12(2,3)11-5-7-13(15,8-6-11)9-10-14/h10-11,15H,4-9H2,1-3H3. The second-order valence-electron chi connectivity index (χ2n) is 5.71. The number of carbonyl (C=O) groups is 1. The summed E-state index contributed by atoms with van der Waals surface area (Å²) in [7, 11) is 0. The topological polar surface area (TPSA) is 37.3 Å². The van der Waals surface area contributed by atoms with E-state index >= 15 is 0 Å². The third kappa shape index (κ3) is 3.04. The van der Waals surface area contributed by atoms with Crippen LogP contribution < -0.4 is 0 Å². The van der Waals surface area contributed by atoms with E-state index in [4.69, 9.17) is 0 Å². The fourth-order valence-corrected chi connectivity index (χ4v) is 2.58. The van der Waals surface area contributed by atoms with Crippen molar-refractivity contribution < 1.29 is 9.90 Å². The van der Waals surface area contributed by atoms with Crippen LogP contribution >= 0.6 is 0 Å². The molecule has 1 aliphatic rings. The highest BCUT2D eigenvalue weighted by Gasteiger charge is 2.37. The van der Waals surface area contributed by atoms with Crippen molar-refractivity contribution in [3.8, 4) is 0 Å². The van der Waals surface area contributed by atoms with Gasteiger partial charge in [0.15, 0.2) is 0 Å². The van der Waals surface area contributed by atoms with E-state index in [1.165, 1.54) is 6.42 Å². The van der Waals surface area contributed by atoms with Gasteiger partial charge in [0, 0.05) is 6.42 Å². The van der Waals surface area contributed by atoms with Crippen molar-refractivity contribution in [2.24, 2.45) is 11.3 Å². The zero-order chi connectivity index (χ0) is 11.5. The molecular weight excluding hydrogens is 188 g/mol. The normalized spacial score (nSPS) is 32.7. The van der Waals surface area contributed by atoms with Gasteiger partial charge in [0.05, 0.1) is 5.60 Å². The zero-order valence-corrected chi connectivity index (χ0v) is 10.3. The Bertz CT molecular complexity index is 213. The van der Waals surface area contributed by atoms with Crippen LogP contribution in [0.4, 0.5) is 0 Å². The van der Waals surface area contributed by atoms with E-state index in [1.807, 2.05) is 0 Å². The monoisotopic (exact) mass is 212 g/mol. The molecule has 1 N–H and O–H groups in total. The average Bonchev–Trinajstić information content (AvgIpc) is 2.18. The summed E-state index contributed by atoms with van der Waals surface area (Å²) in [6, 6.07) is 0. The molecular formula is C13H24O2. The summed E-state index contributed by atoms with van der Waals surface area (Å²) >= 11 is 0. The van der Waals surface area contributed by atoms with Crippen molar-refractivity contribution >= 4 is 6.29 Å². The highest BCUT2D eigenvalue weighted by atomic mass is 16.3. The van der Waals surface area contributed by atoms with Gasteiger partial charge >= 0.3 is 0 Å². The molecule has 0 saturated heterocycles. The zero-order valence-electron chi connectivity index (χ0n) is 10.3. The Morgan fingerprint density at radius 2 is 1.93 bits per heavy atom. The number of aliphatic hydroxyl groups is 1. The minimum absolute atomic E-state index is 0.312. The molecule has 0 heterocycles. The van der Waals surface area contributed by atoms with Gasteiger partial charge < -0.3 is 9.90 Å². The highest BCUT2D eigenvalue weighted by Crippen LogP contribution is 2.43. The summed E-state index contributed by atoms with van der Waals surface area (Å²) in [5, 5.41) is 10.1. The van der Waals surface area contributed by atoms with Gasteiger partial charge in [-0.05, 0) is 37.0 Å². The first-order valence-electron chi connectivity index (χ1n) is 6.09. The lowest BCUT2D eigenvalue weighted by Crippen LogP contribution is -2.38. The van der Waals surface area contributed by atoms with Crippen molar-refractivity contribution in [1.82, 2.24) is 0 Å². The molecule has 1 aliphatic carbocycles. The molecule has 0 bridgehead atoms. The second kappa shape index (κ2) is 4.65. The van der Waals surface area contributed by atoms with Crippen LogP contribution in [0.1, 0.15) is 59.3 Å². The molecule has 0 unspecified atom stereocenters. The van der Waals surface area contributed by atoms with E-state index in [-0.39, 0.29) is 0 Å². The van der Waals surface area contributed by atoms with Crippen LogP contribution in [0.5, 0.6) is 0 Å². The van der Waals surface area contributed by atoms with E-state index in [9.17, 15) is 9.90 Å². The Labute approximate surface area is 93.1 Å². The van der Waals surface area contributed by atoms with Gasteiger partial charge in [-0.3, -0.25) is 0 Å². The lowest BCUT2D eigenvalue weighted by Gasteiger charge is -2.42. The predicted octanol–water partition coefficient (Wildman–Crippen LogP) is 2.93. The lowest BCUT2D eigenvalue weighted by atomic mass is 9.66. The molecule has 0 aromatic carbocycles. The minimum atomic E-state index is -0.692. The summed E-state index contributed by atoms with van der Waals surface area (Å²) in [5.41, 5.74) is -0.315. The summed E-state index contributed by atoms with van der Waals surface area (Å²) in [4.78, 5) is 10.5. The molecule has 1 rings (SSSR count). The van der Waals surface area contributed by atoms with E-state index in [0.717, 1.165) is 32.0 Å². The summed E-state index contributed by atoms with van der Waals surface area (Å²) < 4.78 is 0. The maximum atomic E-state index is 10.5. The first kappa shape index (κ1) is 12.7. The van der Waals surface area contributed by atoms with E-state index in [1.54, 1.807) is 0 Å². The molecule has 0 spiro atoms. The van der Waals surface area contributed by atoms with Crippen LogP contribution in [0.15, 0.2) is 0 Å². The number of carbonyl (C=O) groups excluding carboxylic acids is 1. The Balaban J connectivity index is 2.52. The van der Waals surface area contributed by atoms with Crippen molar-refractivity contribution in [2.45, 2.75) is 64.9 Å². The Morgan fingerprint density at radius 1 is 1.40 bits per heavy atom. The van der Waals surface area contributed by atoms with Gasteiger partial charge in [0.1, 0.15) is 6.29 Å². The maximum Gasteiger partial charge on any atom is 0.122 e. The molecule has 0 aromatic rings.